The summed E-state index contributed by atoms with van der Waals surface area (Å²) in [6.45, 7) is 7.81. The Bertz CT molecular complexity index is 198. The maximum Gasteiger partial charge on any atom is 0.0544 e. The fourth-order valence-corrected chi connectivity index (χ4v) is 2.66. The molecule has 2 aliphatic rings. The first kappa shape index (κ1) is 11.4. The first-order valence-corrected chi connectivity index (χ1v) is 6.30. The number of nitrogens with two attached hydrogens (primary N) is 1. The molecule has 2 aliphatic heterocycles. The van der Waals surface area contributed by atoms with Crippen molar-refractivity contribution in [3.8, 4) is 0 Å². The summed E-state index contributed by atoms with van der Waals surface area (Å²) >= 11 is 0. The Morgan fingerprint density at radius 2 is 2.27 bits per heavy atom. The van der Waals surface area contributed by atoms with Gasteiger partial charge in [-0.15, -0.1) is 0 Å². The van der Waals surface area contributed by atoms with Crippen LogP contribution < -0.4 is 5.73 Å². The molecule has 0 saturated carbocycles. The number of rotatable bonds is 5. The lowest BCUT2D eigenvalue weighted by atomic mass is 9.79. The highest BCUT2D eigenvalue weighted by Crippen LogP contribution is 2.36. The lowest BCUT2D eigenvalue weighted by molar-refractivity contribution is -0.120. The smallest absolute Gasteiger partial charge is 0.0544 e. The molecule has 2 saturated heterocycles. The highest BCUT2D eigenvalue weighted by atomic mass is 16.5. The van der Waals surface area contributed by atoms with E-state index >= 15 is 0 Å². The molecule has 3 nitrogen and oxygen atoms in total. The number of ether oxygens (including phenoxy) is 1. The van der Waals surface area contributed by atoms with Crippen LogP contribution in [0.1, 0.15) is 32.6 Å². The summed E-state index contributed by atoms with van der Waals surface area (Å²) in [5, 5.41) is 0. The highest BCUT2D eigenvalue weighted by Gasteiger charge is 2.36. The van der Waals surface area contributed by atoms with Gasteiger partial charge in [0.15, 0.2) is 0 Å². The predicted molar refractivity (Wildman–Crippen MR) is 61.8 cm³/mol. The summed E-state index contributed by atoms with van der Waals surface area (Å²) in [6.07, 6.45) is 5.09. The van der Waals surface area contributed by atoms with Crippen LogP contribution in [0.15, 0.2) is 0 Å². The van der Waals surface area contributed by atoms with Crippen molar-refractivity contribution in [2.45, 2.75) is 38.6 Å². The second-order valence-electron chi connectivity index (χ2n) is 5.30. The second-order valence-corrected chi connectivity index (χ2v) is 5.30. The zero-order valence-electron chi connectivity index (χ0n) is 9.87. The topological polar surface area (TPSA) is 38.5 Å². The second kappa shape index (κ2) is 4.81. The van der Waals surface area contributed by atoms with Crippen LogP contribution in [0.2, 0.25) is 0 Å². The number of hydrogen-bond donors (Lipinski definition) is 1. The van der Waals surface area contributed by atoms with Crippen molar-refractivity contribution in [2.24, 2.45) is 11.1 Å². The molecular weight excluding hydrogens is 188 g/mol. The van der Waals surface area contributed by atoms with Crippen molar-refractivity contribution >= 4 is 0 Å². The summed E-state index contributed by atoms with van der Waals surface area (Å²) in [6, 6.07) is 0.428. The molecule has 0 aromatic carbocycles. The van der Waals surface area contributed by atoms with Crippen molar-refractivity contribution in [3.05, 3.63) is 0 Å². The van der Waals surface area contributed by atoms with Gasteiger partial charge in [0.1, 0.15) is 0 Å². The maximum absolute atomic E-state index is 5.88. The SMILES string of the molecule is CCC1(CCCN2CCC(N)C2)COC1. The van der Waals surface area contributed by atoms with Gasteiger partial charge in [0.25, 0.3) is 0 Å². The van der Waals surface area contributed by atoms with Gasteiger partial charge in [-0.1, -0.05) is 6.92 Å². The van der Waals surface area contributed by atoms with Gasteiger partial charge in [0.05, 0.1) is 13.2 Å². The highest BCUT2D eigenvalue weighted by molar-refractivity contribution is 4.85. The van der Waals surface area contributed by atoms with Crippen molar-refractivity contribution in [2.75, 3.05) is 32.8 Å². The summed E-state index contributed by atoms with van der Waals surface area (Å²) in [7, 11) is 0. The van der Waals surface area contributed by atoms with E-state index < -0.39 is 0 Å². The number of hydrogen-bond acceptors (Lipinski definition) is 3. The molecule has 2 fully saturated rings. The van der Waals surface area contributed by atoms with Gasteiger partial charge in [-0.2, -0.15) is 0 Å². The van der Waals surface area contributed by atoms with Crippen LogP contribution in [0.5, 0.6) is 0 Å². The molecule has 0 aromatic heterocycles. The van der Waals surface area contributed by atoms with Crippen LogP contribution in [0.3, 0.4) is 0 Å². The molecule has 0 bridgehead atoms. The van der Waals surface area contributed by atoms with E-state index in [1.807, 2.05) is 0 Å². The van der Waals surface area contributed by atoms with Crippen molar-refractivity contribution in [3.63, 3.8) is 0 Å². The molecule has 0 aliphatic carbocycles. The molecule has 15 heavy (non-hydrogen) atoms. The molecule has 1 atom stereocenters. The zero-order chi connectivity index (χ0) is 10.7. The molecule has 2 rings (SSSR count). The van der Waals surface area contributed by atoms with E-state index in [9.17, 15) is 0 Å². The fraction of sp³-hybridized carbons (Fsp3) is 1.00. The minimum absolute atomic E-state index is 0.428. The molecule has 0 aromatic rings. The van der Waals surface area contributed by atoms with Crippen LogP contribution in [0.4, 0.5) is 0 Å². The van der Waals surface area contributed by atoms with Crippen LogP contribution in [-0.4, -0.2) is 43.8 Å². The van der Waals surface area contributed by atoms with E-state index in [2.05, 4.69) is 11.8 Å². The molecule has 1 unspecified atom stereocenters. The van der Waals surface area contributed by atoms with E-state index in [0.29, 0.717) is 11.5 Å². The Balaban J connectivity index is 1.62. The quantitative estimate of drug-likeness (QED) is 0.745. The van der Waals surface area contributed by atoms with E-state index in [1.54, 1.807) is 0 Å². The summed E-state index contributed by atoms with van der Waals surface area (Å²) in [5.74, 6) is 0. The third kappa shape index (κ3) is 2.71. The van der Waals surface area contributed by atoms with Crippen molar-refractivity contribution < 1.29 is 4.74 Å². The van der Waals surface area contributed by atoms with Crippen molar-refractivity contribution in [1.29, 1.82) is 0 Å². The minimum atomic E-state index is 0.428. The summed E-state index contributed by atoms with van der Waals surface area (Å²) in [4.78, 5) is 2.51. The molecule has 2 heterocycles. The largest absolute Gasteiger partial charge is 0.380 e. The summed E-state index contributed by atoms with van der Waals surface area (Å²) < 4.78 is 5.34. The minimum Gasteiger partial charge on any atom is -0.380 e. The molecular formula is C12H24N2O. The van der Waals surface area contributed by atoms with E-state index in [1.165, 1.54) is 38.8 Å². The first-order valence-electron chi connectivity index (χ1n) is 6.30. The van der Waals surface area contributed by atoms with Gasteiger partial charge in [-0.3, -0.25) is 0 Å². The average Bonchev–Trinajstić information content (AvgIpc) is 2.56. The van der Waals surface area contributed by atoms with Gasteiger partial charge in [0.2, 0.25) is 0 Å². The van der Waals surface area contributed by atoms with Gasteiger partial charge >= 0.3 is 0 Å². The van der Waals surface area contributed by atoms with Crippen LogP contribution in [-0.2, 0) is 4.74 Å². The standard InChI is InChI=1S/C12H24N2O/c1-2-12(9-15-10-12)5-3-6-14-7-4-11(13)8-14/h11H,2-10,13H2,1H3. The molecule has 0 amide bonds. The first-order chi connectivity index (χ1) is 7.24. The fourth-order valence-electron chi connectivity index (χ4n) is 2.66. The Morgan fingerprint density at radius 3 is 2.73 bits per heavy atom. The zero-order valence-corrected chi connectivity index (χ0v) is 9.87. The monoisotopic (exact) mass is 212 g/mol. The summed E-state index contributed by atoms with van der Waals surface area (Å²) in [5.41, 5.74) is 6.41. The average molecular weight is 212 g/mol. The normalized spacial score (nSPS) is 30.4. The Labute approximate surface area is 93.0 Å². The molecule has 3 heteroatoms. The van der Waals surface area contributed by atoms with Crippen LogP contribution >= 0.6 is 0 Å². The van der Waals surface area contributed by atoms with Gasteiger partial charge in [-0.25, -0.2) is 0 Å². The third-order valence-electron chi connectivity index (χ3n) is 4.06. The number of likely N-dealkylation sites (tertiary alicyclic amines) is 1. The third-order valence-corrected chi connectivity index (χ3v) is 4.06. The van der Waals surface area contributed by atoms with Gasteiger partial charge in [-0.05, 0) is 38.8 Å². The number of nitrogens with zero attached hydrogens (tertiary/aromatic N) is 1. The van der Waals surface area contributed by atoms with Crippen LogP contribution in [0, 0.1) is 5.41 Å². The molecule has 88 valence electrons. The lowest BCUT2D eigenvalue weighted by Gasteiger charge is -2.41. The van der Waals surface area contributed by atoms with E-state index in [-0.39, 0.29) is 0 Å². The van der Waals surface area contributed by atoms with Gasteiger partial charge in [0, 0.05) is 18.0 Å². The van der Waals surface area contributed by atoms with Crippen molar-refractivity contribution in [1.82, 2.24) is 4.90 Å². The predicted octanol–water partition coefficient (Wildman–Crippen LogP) is 1.23. The lowest BCUT2D eigenvalue weighted by Crippen LogP contribution is -2.42. The van der Waals surface area contributed by atoms with Gasteiger partial charge < -0.3 is 15.4 Å². The Hall–Kier alpha value is -0.120. The van der Waals surface area contributed by atoms with E-state index in [0.717, 1.165) is 19.8 Å². The van der Waals surface area contributed by atoms with E-state index in [4.69, 9.17) is 10.5 Å². The Morgan fingerprint density at radius 1 is 1.47 bits per heavy atom. The van der Waals surface area contributed by atoms with Crippen LogP contribution in [0.25, 0.3) is 0 Å². The maximum atomic E-state index is 5.88. The molecule has 0 spiro atoms. The Kier molecular flexibility index (Phi) is 3.65. The molecule has 2 N–H and O–H groups in total. The molecule has 0 radical (unpaired) electrons.